The van der Waals surface area contributed by atoms with Gasteiger partial charge in [0, 0.05) is 29.9 Å². The summed E-state index contributed by atoms with van der Waals surface area (Å²) in [5, 5.41) is 5.42. The van der Waals surface area contributed by atoms with Crippen molar-refractivity contribution < 1.29 is 18.7 Å². The number of rotatable bonds is 5. The van der Waals surface area contributed by atoms with E-state index in [9.17, 15) is 14.0 Å². The Morgan fingerprint density at radius 2 is 1.44 bits per heavy atom. The van der Waals surface area contributed by atoms with Crippen molar-refractivity contribution in [1.82, 2.24) is 0 Å². The molecule has 0 fully saturated rings. The molecule has 0 radical (unpaired) electrons. The molecule has 0 unspecified atom stereocenters. The molecule has 0 aromatic heterocycles. The van der Waals surface area contributed by atoms with Gasteiger partial charge in [0.1, 0.15) is 17.3 Å². The molecule has 3 rings (SSSR count). The van der Waals surface area contributed by atoms with Crippen molar-refractivity contribution in [2.75, 3.05) is 10.6 Å². The molecule has 27 heavy (non-hydrogen) atoms. The molecule has 3 aromatic rings. The summed E-state index contributed by atoms with van der Waals surface area (Å²) in [4.78, 5) is 23.3. The minimum Gasteiger partial charge on any atom is -0.457 e. The van der Waals surface area contributed by atoms with Crippen LogP contribution in [0.3, 0.4) is 0 Å². The first kappa shape index (κ1) is 18.1. The Balaban J connectivity index is 1.62. The Morgan fingerprint density at radius 3 is 2.07 bits per heavy atom. The number of anilines is 2. The average molecular weight is 364 g/mol. The van der Waals surface area contributed by atoms with Gasteiger partial charge in [0.25, 0.3) is 5.91 Å². The quantitative estimate of drug-likeness (QED) is 0.681. The molecule has 5 nitrogen and oxygen atoms in total. The Hall–Kier alpha value is -3.67. The lowest BCUT2D eigenvalue weighted by molar-refractivity contribution is -0.114. The van der Waals surface area contributed by atoms with Crippen LogP contribution in [0.1, 0.15) is 17.3 Å². The van der Waals surface area contributed by atoms with Gasteiger partial charge in [-0.05, 0) is 60.7 Å². The van der Waals surface area contributed by atoms with Gasteiger partial charge in [-0.25, -0.2) is 4.39 Å². The van der Waals surface area contributed by atoms with E-state index in [-0.39, 0.29) is 17.6 Å². The van der Waals surface area contributed by atoms with Gasteiger partial charge in [0.2, 0.25) is 5.91 Å². The minimum absolute atomic E-state index is 0.173. The summed E-state index contributed by atoms with van der Waals surface area (Å²) in [7, 11) is 0. The first-order chi connectivity index (χ1) is 13.0. The molecule has 0 aliphatic heterocycles. The van der Waals surface area contributed by atoms with Crippen LogP contribution in [-0.4, -0.2) is 11.8 Å². The fourth-order valence-corrected chi connectivity index (χ4v) is 2.38. The molecule has 2 N–H and O–H groups in total. The summed E-state index contributed by atoms with van der Waals surface area (Å²) in [6, 6.07) is 19.2. The molecule has 0 heterocycles. The number of carbonyl (C=O) groups excluding carboxylic acids is 2. The number of hydrogen-bond acceptors (Lipinski definition) is 3. The zero-order chi connectivity index (χ0) is 19.2. The molecule has 0 saturated heterocycles. The lowest BCUT2D eigenvalue weighted by Crippen LogP contribution is -2.12. The van der Waals surface area contributed by atoms with E-state index in [4.69, 9.17) is 4.74 Å². The van der Waals surface area contributed by atoms with Crippen LogP contribution in [0, 0.1) is 5.82 Å². The van der Waals surface area contributed by atoms with E-state index in [1.165, 1.54) is 19.1 Å². The molecule has 6 heteroatoms. The van der Waals surface area contributed by atoms with E-state index < -0.39 is 0 Å². The highest BCUT2D eigenvalue weighted by molar-refractivity contribution is 6.04. The van der Waals surface area contributed by atoms with Crippen LogP contribution in [0.5, 0.6) is 11.5 Å². The van der Waals surface area contributed by atoms with Gasteiger partial charge >= 0.3 is 0 Å². The van der Waals surface area contributed by atoms with Gasteiger partial charge in [-0.15, -0.1) is 0 Å². The van der Waals surface area contributed by atoms with E-state index in [0.29, 0.717) is 28.4 Å². The van der Waals surface area contributed by atoms with Crippen molar-refractivity contribution in [3.05, 3.63) is 84.2 Å². The second-order valence-corrected chi connectivity index (χ2v) is 5.80. The van der Waals surface area contributed by atoms with Crippen LogP contribution in [0.4, 0.5) is 15.8 Å². The zero-order valence-corrected chi connectivity index (χ0v) is 14.5. The zero-order valence-electron chi connectivity index (χ0n) is 14.5. The third kappa shape index (κ3) is 5.15. The second-order valence-electron chi connectivity index (χ2n) is 5.80. The number of nitrogens with one attached hydrogen (secondary N) is 2. The summed E-state index contributed by atoms with van der Waals surface area (Å²) in [6.45, 7) is 1.42. The number of ether oxygens (including phenoxy) is 1. The molecule has 0 aliphatic carbocycles. The molecular formula is C21H17FN2O3. The van der Waals surface area contributed by atoms with Gasteiger partial charge in [-0.2, -0.15) is 0 Å². The van der Waals surface area contributed by atoms with Crippen molar-refractivity contribution >= 4 is 23.2 Å². The van der Waals surface area contributed by atoms with E-state index in [0.717, 1.165) is 0 Å². The van der Waals surface area contributed by atoms with Crippen LogP contribution < -0.4 is 15.4 Å². The number of carbonyl (C=O) groups is 2. The highest BCUT2D eigenvalue weighted by Gasteiger charge is 2.07. The molecule has 2 amide bonds. The Bertz CT molecular complexity index is 954. The standard InChI is InChI=1S/C21H17FN2O3/c1-14(25)23-17-7-5-15(6-8-17)21(26)24-18-9-11-19(12-10-18)27-20-4-2-3-16(22)13-20/h2-13H,1H3,(H,23,25)(H,24,26). The summed E-state index contributed by atoms with van der Waals surface area (Å²) in [5.41, 5.74) is 1.68. The Morgan fingerprint density at radius 1 is 0.815 bits per heavy atom. The van der Waals surface area contributed by atoms with E-state index in [2.05, 4.69) is 10.6 Å². The smallest absolute Gasteiger partial charge is 0.255 e. The molecule has 3 aromatic carbocycles. The number of benzene rings is 3. The summed E-state index contributed by atoms with van der Waals surface area (Å²) in [6.07, 6.45) is 0. The molecular weight excluding hydrogens is 347 g/mol. The summed E-state index contributed by atoms with van der Waals surface area (Å²) in [5.74, 6) is 0.0983. The second kappa shape index (κ2) is 8.14. The summed E-state index contributed by atoms with van der Waals surface area (Å²) >= 11 is 0. The lowest BCUT2D eigenvalue weighted by Gasteiger charge is -2.09. The maximum absolute atomic E-state index is 13.2. The largest absolute Gasteiger partial charge is 0.457 e. The van der Waals surface area contributed by atoms with Gasteiger partial charge in [0.15, 0.2) is 0 Å². The van der Waals surface area contributed by atoms with Crippen LogP contribution >= 0.6 is 0 Å². The van der Waals surface area contributed by atoms with Crippen LogP contribution in [0.25, 0.3) is 0 Å². The van der Waals surface area contributed by atoms with Crippen molar-refractivity contribution in [1.29, 1.82) is 0 Å². The first-order valence-electron chi connectivity index (χ1n) is 8.22. The van der Waals surface area contributed by atoms with Crippen molar-refractivity contribution in [2.45, 2.75) is 6.92 Å². The fourth-order valence-electron chi connectivity index (χ4n) is 2.38. The predicted molar refractivity (Wildman–Crippen MR) is 102 cm³/mol. The fraction of sp³-hybridized carbons (Fsp3) is 0.0476. The number of hydrogen-bond donors (Lipinski definition) is 2. The summed E-state index contributed by atoms with van der Waals surface area (Å²) < 4.78 is 18.7. The predicted octanol–water partition coefficient (Wildman–Crippen LogP) is 4.83. The highest BCUT2D eigenvalue weighted by Crippen LogP contribution is 2.23. The molecule has 0 aliphatic rings. The van der Waals surface area contributed by atoms with Gasteiger partial charge in [-0.3, -0.25) is 9.59 Å². The highest BCUT2D eigenvalue weighted by atomic mass is 19.1. The Labute approximate surface area is 155 Å². The minimum atomic E-state index is -0.374. The average Bonchev–Trinajstić information content (AvgIpc) is 2.63. The lowest BCUT2D eigenvalue weighted by atomic mass is 10.2. The van der Waals surface area contributed by atoms with Crippen LogP contribution in [0.2, 0.25) is 0 Å². The van der Waals surface area contributed by atoms with Crippen molar-refractivity contribution in [3.8, 4) is 11.5 Å². The SMILES string of the molecule is CC(=O)Nc1ccc(C(=O)Nc2ccc(Oc3cccc(F)c3)cc2)cc1. The van der Waals surface area contributed by atoms with Gasteiger partial charge < -0.3 is 15.4 Å². The van der Waals surface area contributed by atoms with Crippen molar-refractivity contribution in [3.63, 3.8) is 0 Å². The molecule has 0 saturated carbocycles. The maximum atomic E-state index is 13.2. The molecule has 0 atom stereocenters. The van der Waals surface area contributed by atoms with Crippen molar-refractivity contribution in [2.24, 2.45) is 0 Å². The van der Waals surface area contributed by atoms with Gasteiger partial charge in [-0.1, -0.05) is 6.07 Å². The molecule has 0 bridgehead atoms. The van der Waals surface area contributed by atoms with E-state index >= 15 is 0 Å². The van der Waals surface area contributed by atoms with E-state index in [1.807, 2.05) is 0 Å². The third-order valence-corrected chi connectivity index (χ3v) is 3.61. The molecule has 0 spiro atoms. The van der Waals surface area contributed by atoms with Crippen LogP contribution in [-0.2, 0) is 4.79 Å². The van der Waals surface area contributed by atoms with E-state index in [1.54, 1.807) is 60.7 Å². The van der Waals surface area contributed by atoms with Crippen LogP contribution in [0.15, 0.2) is 72.8 Å². The number of amides is 2. The topological polar surface area (TPSA) is 67.4 Å². The normalized spacial score (nSPS) is 10.1. The number of halogens is 1. The molecule has 136 valence electrons. The first-order valence-corrected chi connectivity index (χ1v) is 8.22. The van der Waals surface area contributed by atoms with Gasteiger partial charge in [0.05, 0.1) is 0 Å². The Kier molecular flexibility index (Phi) is 5.47. The maximum Gasteiger partial charge on any atom is 0.255 e. The monoisotopic (exact) mass is 364 g/mol. The third-order valence-electron chi connectivity index (χ3n) is 3.61.